The van der Waals surface area contributed by atoms with E-state index in [0.29, 0.717) is 42.0 Å². The number of nitrogens with one attached hydrogen (secondary N) is 2. The summed E-state index contributed by atoms with van der Waals surface area (Å²) in [5, 5.41) is 35.4. The number of amidine groups is 1. The molecule has 0 amide bonds. The van der Waals surface area contributed by atoms with Crippen molar-refractivity contribution in [3.8, 4) is 17.2 Å². The molecule has 1 aliphatic heterocycles. The van der Waals surface area contributed by atoms with Crippen molar-refractivity contribution >= 4 is 17.9 Å². The molecule has 2 aromatic rings. The van der Waals surface area contributed by atoms with Crippen molar-refractivity contribution < 1.29 is 9.50 Å². The van der Waals surface area contributed by atoms with E-state index in [-0.39, 0.29) is 18.6 Å². The van der Waals surface area contributed by atoms with E-state index in [0.717, 1.165) is 11.9 Å². The predicted octanol–water partition coefficient (Wildman–Crippen LogP) is 2.85. The molecule has 2 unspecified atom stereocenters. The standard InChI is InChI=1S/C21H23FN6O/c1-27(13-24)21(25)14-7-8-28(17(9-14)12-29)20-15(10-23)3-2-4-18(20)16-5-6-19(22)26-11-16/h2-6,11,13-14,17,24-25,29H,7-9,12H2,1H3. The Labute approximate surface area is 169 Å². The van der Waals surface area contributed by atoms with Crippen LogP contribution in [0.1, 0.15) is 18.4 Å². The molecule has 3 N–H and O–H groups in total. The van der Waals surface area contributed by atoms with Crippen LogP contribution < -0.4 is 4.90 Å². The normalized spacial score (nSPS) is 18.8. The molecule has 0 bridgehead atoms. The highest BCUT2D eigenvalue weighted by molar-refractivity contribution is 5.91. The zero-order valence-corrected chi connectivity index (χ0v) is 16.1. The highest BCUT2D eigenvalue weighted by Gasteiger charge is 2.33. The van der Waals surface area contributed by atoms with Crippen molar-refractivity contribution in [3.63, 3.8) is 0 Å². The topological polar surface area (TPSA) is 111 Å². The average molecular weight is 394 g/mol. The number of benzene rings is 1. The minimum Gasteiger partial charge on any atom is -0.394 e. The first-order valence-corrected chi connectivity index (χ1v) is 9.34. The number of nitriles is 1. The van der Waals surface area contributed by atoms with E-state index in [1.807, 2.05) is 11.0 Å². The van der Waals surface area contributed by atoms with E-state index < -0.39 is 5.95 Å². The van der Waals surface area contributed by atoms with Gasteiger partial charge in [0.2, 0.25) is 5.95 Å². The number of piperidine rings is 1. The van der Waals surface area contributed by atoms with Crippen LogP contribution in [0.5, 0.6) is 0 Å². The Morgan fingerprint density at radius 3 is 2.86 bits per heavy atom. The molecule has 1 aliphatic rings. The number of pyridine rings is 1. The van der Waals surface area contributed by atoms with E-state index in [4.69, 9.17) is 10.8 Å². The monoisotopic (exact) mass is 394 g/mol. The van der Waals surface area contributed by atoms with Gasteiger partial charge in [-0.05, 0) is 31.0 Å². The molecule has 1 aromatic carbocycles. The van der Waals surface area contributed by atoms with Gasteiger partial charge in [0.05, 0.1) is 30.2 Å². The van der Waals surface area contributed by atoms with Crippen LogP contribution in [0.25, 0.3) is 11.1 Å². The highest BCUT2D eigenvalue weighted by atomic mass is 19.1. The molecule has 2 atom stereocenters. The zero-order valence-electron chi connectivity index (χ0n) is 16.1. The molecule has 7 nitrogen and oxygen atoms in total. The summed E-state index contributed by atoms with van der Waals surface area (Å²) >= 11 is 0. The van der Waals surface area contributed by atoms with Crippen LogP contribution in [-0.4, -0.2) is 53.4 Å². The number of aromatic nitrogens is 1. The summed E-state index contributed by atoms with van der Waals surface area (Å²) in [4.78, 5) is 7.20. The molecule has 150 valence electrons. The molecule has 0 radical (unpaired) electrons. The first-order chi connectivity index (χ1) is 14.0. The molecule has 1 saturated heterocycles. The Morgan fingerprint density at radius 1 is 1.45 bits per heavy atom. The van der Waals surface area contributed by atoms with Gasteiger partial charge in [0.1, 0.15) is 11.9 Å². The summed E-state index contributed by atoms with van der Waals surface area (Å²) in [7, 11) is 1.67. The number of para-hydroxylation sites is 1. The number of aliphatic hydroxyl groups is 1. The molecule has 2 heterocycles. The van der Waals surface area contributed by atoms with Gasteiger partial charge in [-0.3, -0.25) is 10.8 Å². The largest absolute Gasteiger partial charge is 0.394 e. The third kappa shape index (κ3) is 4.10. The van der Waals surface area contributed by atoms with Gasteiger partial charge in [-0.25, -0.2) is 4.98 Å². The lowest BCUT2D eigenvalue weighted by Crippen LogP contribution is -2.48. The van der Waals surface area contributed by atoms with E-state index in [1.165, 1.54) is 17.2 Å². The number of halogens is 1. The number of rotatable bonds is 5. The maximum atomic E-state index is 13.3. The third-order valence-corrected chi connectivity index (χ3v) is 5.37. The third-order valence-electron chi connectivity index (χ3n) is 5.37. The second kappa shape index (κ2) is 8.80. The summed E-state index contributed by atoms with van der Waals surface area (Å²) in [5.74, 6) is -0.315. The van der Waals surface area contributed by atoms with Gasteiger partial charge in [0.25, 0.3) is 0 Å². The lowest BCUT2D eigenvalue weighted by molar-refractivity contribution is 0.228. The maximum Gasteiger partial charge on any atom is 0.212 e. The second-order valence-corrected chi connectivity index (χ2v) is 7.06. The minimum atomic E-state index is -0.574. The van der Waals surface area contributed by atoms with Crippen LogP contribution in [0.15, 0.2) is 36.5 Å². The summed E-state index contributed by atoms with van der Waals surface area (Å²) in [6, 6.07) is 10.2. The van der Waals surface area contributed by atoms with Gasteiger partial charge in [-0.2, -0.15) is 9.65 Å². The first-order valence-electron chi connectivity index (χ1n) is 9.34. The van der Waals surface area contributed by atoms with Crippen LogP contribution in [-0.2, 0) is 0 Å². The summed E-state index contributed by atoms with van der Waals surface area (Å²) < 4.78 is 13.3. The van der Waals surface area contributed by atoms with Crippen LogP contribution >= 0.6 is 0 Å². The molecule has 1 fully saturated rings. The summed E-state index contributed by atoms with van der Waals surface area (Å²) in [6.45, 7) is 0.420. The number of hydrogen-bond acceptors (Lipinski definition) is 6. The van der Waals surface area contributed by atoms with Gasteiger partial charge < -0.3 is 14.9 Å². The Bertz CT molecular complexity index is 939. The lowest BCUT2D eigenvalue weighted by Gasteiger charge is -2.42. The second-order valence-electron chi connectivity index (χ2n) is 7.06. The lowest BCUT2D eigenvalue weighted by atomic mass is 9.87. The SMILES string of the molecule is CN(C=N)C(=N)C1CCN(c2c(C#N)cccc2-c2ccc(F)nc2)C(CO)C1. The van der Waals surface area contributed by atoms with E-state index in [2.05, 4.69) is 11.1 Å². The number of aliphatic hydroxyl groups excluding tert-OH is 1. The molecular formula is C21H23FN6O. The van der Waals surface area contributed by atoms with Crippen molar-refractivity contribution in [2.45, 2.75) is 18.9 Å². The van der Waals surface area contributed by atoms with Crippen molar-refractivity contribution in [1.82, 2.24) is 9.88 Å². The molecule has 1 aromatic heterocycles. The van der Waals surface area contributed by atoms with Gasteiger partial charge in [0.15, 0.2) is 0 Å². The first kappa shape index (κ1) is 20.4. The fourth-order valence-electron chi connectivity index (χ4n) is 3.84. The predicted molar refractivity (Wildman–Crippen MR) is 110 cm³/mol. The van der Waals surface area contributed by atoms with Crippen LogP contribution in [0, 0.1) is 34.0 Å². The van der Waals surface area contributed by atoms with Gasteiger partial charge in [-0.15, -0.1) is 0 Å². The number of anilines is 1. The number of nitrogens with zero attached hydrogens (tertiary/aromatic N) is 4. The smallest absolute Gasteiger partial charge is 0.212 e. The van der Waals surface area contributed by atoms with Gasteiger partial charge >= 0.3 is 0 Å². The minimum absolute atomic E-state index is 0.0832. The fourth-order valence-corrected chi connectivity index (χ4v) is 3.84. The van der Waals surface area contributed by atoms with Crippen molar-refractivity contribution in [2.24, 2.45) is 5.92 Å². The Hall–Kier alpha value is -3.31. The van der Waals surface area contributed by atoms with E-state index >= 15 is 0 Å². The Balaban J connectivity index is 1.99. The molecular weight excluding hydrogens is 371 g/mol. The van der Waals surface area contributed by atoms with Crippen molar-refractivity contribution in [3.05, 3.63) is 48.0 Å². The summed E-state index contributed by atoms with van der Waals surface area (Å²) in [6.07, 6.45) is 3.74. The van der Waals surface area contributed by atoms with Crippen molar-refractivity contribution in [2.75, 3.05) is 25.1 Å². The Morgan fingerprint density at radius 2 is 2.24 bits per heavy atom. The zero-order chi connectivity index (χ0) is 21.0. The van der Waals surface area contributed by atoms with Crippen LogP contribution in [0.4, 0.5) is 10.1 Å². The molecule has 3 rings (SSSR count). The van der Waals surface area contributed by atoms with Gasteiger partial charge in [-0.1, -0.05) is 12.1 Å². The molecule has 29 heavy (non-hydrogen) atoms. The van der Waals surface area contributed by atoms with E-state index in [1.54, 1.807) is 25.2 Å². The average Bonchev–Trinajstić information content (AvgIpc) is 2.77. The molecule has 0 spiro atoms. The Kier molecular flexibility index (Phi) is 6.20. The van der Waals surface area contributed by atoms with E-state index in [9.17, 15) is 14.8 Å². The number of hydrogen-bond donors (Lipinski definition) is 3. The highest BCUT2D eigenvalue weighted by Crippen LogP contribution is 2.38. The van der Waals surface area contributed by atoms with Crippen molar-refractivity contribution in [1.29, 1.82) is 16.1 Å². The molecule has 0 aliphatic carbocycles. The fraction of sp³-hybridized carbons (Fsp3) is 0.333. The molecule has 8 heteroatoms. The maximum absolute atomic E-state index is 13.3. The quantitative estimate of drug-likeness (QED) is 0.410. The molecule has 0 saturated carbocycles. The summed E-state index contributed by atoms with van der Waals surface area (Å²) in [5.41, 5.74) is 2.59. The van der Waals surface area contributed by atoms with Crippen LogP contribution in [0.2, 0.25) is 0 Å². The van der Waals surface area contributed by atoms with Gasteiger partial charge in [0, 0.05) is 36.8 Å². The van der Waals surface area contributed by atoms with Crippen LogP contribution in [0.3, 0.4) is 0 Å².